The van der Waals surface area contributed by atoms with E-state index >= 15 is 0 Å². The van der Waals surface area contributed by atoms with Gasteiger partial charge in [-0.15, -0.1) is 0 Å². The van der Waals surface area contributed by atoms with E-state index in [1.807, 2.05) is 22.6 Å². The van der Waals surface area contributed by atoms with E-state index in [4.69, 9.17) is 21.1 Å². The van der Waals surface area contributed by atoms with Crippen molar-refractivity contribution in [2.24, 2.45) is 7.05 Å². The van der Waals surface area contributed by atoms with Gasteiger partial charge in [0.15, 0.2) is 23.1 Å². The van der Waals surface area contributed by atoms with Gasteiger partial charge in [0.2, 0.25) is 0 Å². The molecule has 2 atom stereocenters. The maximum absolute atomic E-state index is 14.0. The van der Waals surface area contributed by atoms with Crippen molar-refractivity contribution in [2.45, 2.75) is 37.9 Å². The second-order valence-corrected chi connectivity index (χ2v) is 13.2. The van der Waals surface area contributed by atoms with Crippen LogP contribution in [0, 0.1) is 0 Å². The molecule has 0 unspecified atom stereocenters. The summed E-state index contributed by atoms with van der Waals surface area (Å²) in [5.74, 6) is -0.658. The minimum Gasteiger partial charge on any atom is -0.508 e. The van der Waals surface area contributed by atoms with Crippen LogP contribution < -0.4 is 26.4 Å². The molecule has 0 saturated heterocycles. The maximum Gasteiger partial charge on any atom is 0.347 e. The van der Waals surface area contributed by atoms with E-state index in [0.29, 0.717) is 33.7 Å². The van der Waals surface area contributed by atoms with Gasteiger partial charge in [-0.2, -0.15) is 0 Å². The van der Waals surface area contributed by atoms with Gasteiger partial charge in [-0.25, -0.2) is 28.5 Å². The largest absolute Gasteiger partial charge is 0.508 e. The molecule has 13 nitrogen and oxygen atoms in total. The Morgan fingerprint density at radius 3 is 2.48 bits per heavy atom. The molecule has 0 amide bonds. The Morgan fingerprint density at radius 1 is 1.04 bits per heavy atom. The number of rotatable bonds is 6. The van der Waals surface area contributed by atoms with Gasteiger partial charge in [-0.05, 0) is 45.9 Å². The van der Waals surface area contributed by atoms with Crippen LogP contribution in [0.15, 0.2) is 77.2 Å². The van der Waals surface area contributed by atoms with Crippen LogP contribution in [0.4, 0.5) is 0 Å². The van der Waals surface area contributed by atoms with Gasteiger partial charge in [0.1, 0.15) is 11.4 Å². The van der Waals surface area contributed by atoms with Crippen molar-refractivity contribution >= 4 is 56.8 Å². The number of carbonyl (C=O) groups is 2. The van der Waals surface area contributed by atoms with E-state index in [2.05, 4.69) is 4.98 Å². The Balaban J connectivity index is 1.30. The summed E-state index contributed by atoms with van der Waals surface area (Å²) >= 11 is 8.44. The summed E-state index contributed by atoms with van der Waals surface area (Å²) in [6, 6.07) is 6.93. The minimum atomic E-state index is -0.790. The van der Waals surface area contributed by atoms with Crippen molar-refractivity contribution in [3.8, 4) is 17.2 Å². The molecule has 15 heteroatoms. The van der Waals surface area contributed by atoms with Gasteiger partial charge in [-0.3, -0.25) is 14.4 Å². The van der Waals surface area contributed by atoms with Crippen LogP contribution in [-0.4, -0.2) is 54.4 Å². The molecule has 2 aromatic heterocycles. The molecule has 0 saturated carbocycles. The van der Waals surface area contributed by atoms with Crippen LogP contribution in [0.1, 0.15) is 29.6 Å². The highest BCUT2D eigenvalue weighted by atomic mass is 127. The van der Waals surface area contributed by atoms with E-state index in [1.54, 1.807) is 31.3 Å². The molecule has 1 N–H and O–H groups in total. The normalized spacial score (nSPS) is 18.7. The van der Waals surface area contributed by atoms with E-state index in [1.165, 1.54) is 46.4 Å². The van der Waals surface area contributed by atoms with Crippen molar-refractivity contribution in [1.29, 1.82) is 0 Å². The molecule has 3 heterocycles. The Hall–Kier alpha value is -4.70. The number of methoxy groups -OCH3 is 2. The third-order valence-electron chi connectivity index (χ3n) is 9.20. The number of phenolic OH excluding ortho intramolecular Hbond substituents is 1. The first-order chi connectivity index (χ1) is 22.9. The highest BCUT2D eigenvalue weighted by Crippen LogP contribution is 2.51. The Bertz CT molecular complexity index is 2400. The summed E-state index contributed by atoms with van der Waals surface area (Å²) in [7, 11) is 4.58. The summed E-state index contributed by atoms with van der Waals surface area (Å²) in [6.45, 7) is -0.109. The van der Waals surface area contributed by atoms with Crippen LogP contribution in [0.3, 0.4) is 0 Å². The van der Waals surface area contributed by atoms with Crippen LogP contribution in [0.5, 0.6) is 17.2 Å². The zero-order chi connectivity index (χ0) is 34.2. The lowest BCUT2D eigenvalue weighted by molar-refractivity contribution is -0.115. The van der Waals surface area contributed by atoms with Gasteiger partial charge >= 0.3 is 11.4 Å². The standard InChI is InChI=1S/C33H27ClIN5O8/c1-37-24-14-27(48-3)26(47-2)13-22(24)36-21(31(37)44)7-8-38-32(45)39-9-6-17-23(40(39)33(38)46)11-18-25(42)12-20(35)30(43)29(18)28(17)16-5-4-15(41)10-19(16)34/h4-6,10,12-14,23,28,41H,7-9,11H2,1-3H3/t23-,28+/m1/s1. The number of Topliss-reactive ketones (excluding diaryl/α,β-unsaturated/α-hetero) is 1. The number of carbonyl (C=O) groups excluding carboxylic acids is 2. The van der Waals surface area contributed by atoms with E-state index in [9.17, 15) is 29.1 Å². The summed E-state index contributed by atoms with van der Waals surface area (Å²) in [5, 5.41) is 10.2. The SMILES string of the molecule is COc1cc2nc(CCn3c(=O)n4n(c3=O)[C@@H]3CC5=C(C(=O)C(I)=CC5=O)[C@@H](c5ccc(O)cc5Cl)C3=CC4)c(=O)n(C)c2cc1OC. The topological polar surface area (TPSA) is 157 Å². The van der Waals surface area contributed by atoms with Crippen molar-refractivity contribution < 1.29 is 24.2 Å². The Morgan fingerprint density at radius 2 is 1.77 bits per heavy atom. The molecule has 48 heavy (non-hydrogen) atoms. The van der Waals surface area contributed by atoms with Crippen molar-refractivity contribution in [1.82, 2.24) is 23.5 Å². The van der Waals surface area contributed by atoms with Crippen LogP contribution >= 0.6 is 34.2 Å². The predicted molar refractivity (Wildman–Crippen MR) is 183 cm³/mol. The van der Waals surface area contributed by atoms with Gasteiger partial charge in [0.05, 0.1) is 41.4 Å². The summed E-state index contributed by atoms with van der Waals surface area (Å²) in [4.78, 5) is 72.5. The Labute approximate surface area is 290 Å². The monoisotopic (exact) mass is 783 g/mol. The molecule has 1 aliphatic heterocycles. The number of halogens is 2. The second-order valence-electron chi connectivity index (χ2n) is 11.7. The quantitative estimate of drug-likeness (QED) is 0.176. The first-order valence-corrected chi connectivity index (χ1v) is 16.3. The fourth-order valence-electron chi connectivity index (χ4n) is 6.90. The van der Waals surface area contributed by atoms with E-state index < -0.39 is 23.3 Å². The van der Waals surface area contributed by atoms with Crippen LogP contribution in [-0.2, 0) is 36.1 Å². The molecule has 2 aromatic carbocycles. The second kappa shape index (κ2) is 11.8. The van der Waals surface area contributed by atoms with E-state index in [-0.39, 0.29) is 74.2 Å². The highest BCUT2D eigenvalue weighted by Gasteiger charge is 2.45. The van der Waals surface area contributed by atoms with Crippen molar-refractivity contribution in [2.75, 3.05) is 14.2 Å². The summed E-state index contributed by atoms with van der Waals surface area (Å²) < 4.78 is 16.1. The number of phenols is 1. The van der Waals surface area contributed by atoms with Crippen LogP contribution in [0.25, 0.3) is 11.0 Å². The molecular formula is C33H27ClIN5O8. The zero-order valence-electron chi connectivity index (χ0n) is 25.8. The third-order valence-corrected chi connectivity index (χ3v) is 10.3. The van der Waals surface area contributed by atoms with Gasteiger partial charge in [0.25, 0.3) is 5.56 Å². The molecule has 246 valence electrons. The molecule has 2 aliphatic carbocycles. The zero-order valence-corrected chi connectivity index (χ0v) is 28.7. The number of aromatic hydroxyl groups is 1. The number of fused-ring (bicyclic) bond motifs is 4. The average molecular weight is 784 g/mol. The van der Waals surface area contributed by atoms with E-state index in [0.717, 1.165) is 4.57 Å². The fourth-order valence-corrected chi connectivity index (χ4v) is 7.76. The van der Waals surface area contributed by atoms with Gasteiger partial charge in [0, 0.05) is 66.7 Å². The van der Waals surface area contributed by atoms with Gasteiger partial charge < -0.3 is 19.1 Å². The molecule has 7 rings (SSSR count). The number of benzene rings is 2. The molecule has 3 aliphatic rings. The molecule has 4 aromatic rings. The Kier molecular flexibility index (Phi) is 7.82. The number of hydrogen-bond acceptors (Lipinski definition) is 9. The first kappa shape index (κ1) is 31.9. The third kappa shape index (κ3) is 4.79. The lowest BCUT2D eigenvalue weighted by Gasteiger charge is -2.39. The molecular weight excluding hydrogens is 757 g/mol. The van der Waals surface area contributed by atoms with Crippen molar-refractivity contribution in [3.63, 3.8) is 0 Å². The minimum absolute atomic E-state index is 0.0137. The lowest BCUT2D eigenvalue weighted by Crippen LogP contribution is -2.40. The maximum atomic E-state index is 14.0. The first-order valence-electron chi connectivity index (χ1n) is 14.9. The number of ketones is 2. The summed E-state index contributed by atoms with van der Waals surface area (Å²) in [5.41, 5.74) is 1.19. The smallest absolute Gasteiger partial charge is 0.347 e. The summed E-state index contributed by atoms with van der Waals surface area (Å²) in [6.07, 6.45) is 3.06. The molecule has 0 radical (unpaired) electrons. The lowest BCUT2D eigenvalue weighted by atomic mass is 9.69. The van der Waals surface area contributed by atoms with Crippen LogP contribution in [0.2, 0.25) is 5.02 Å². The number of ether oxygens (including phenoxy) is 2. The number of nitrogens with zero attached hydrogens (tertiary/aromatic N) is 5. The molecule has 0 spiro atoms. The number of aryl methyl sites for hydroxylation is 2. The highest BCUT2D eigenvalue weighted by molar-refractivity contribution is 14.1. The molecule has 0 bridgehead atoms. The number of hydrogen-bond donors (Lipinski definition) is 1. The molecule has 0 fully saturated rings. The fraction of sp³-hybridized carbons (Fsp3) is 0.273. The average Bonchev–Trinajstić information content (AvgIpc) is 3.31. The number of allylic oxidation sites excluding steroid dienone is 6. The predicted octanol–water partition coefficient (Wildman–Crippen LogP) is 3.11. The number of aromatic nitrogens is 5. The van der Waals surface area contributed by atoms with Gasteiger partial charge in [-0.1, -0.05) is 23.7 Å². The van der Waals surface area contributed by atoms with Crippen molar-refractivity contribution in [3.05, 3.63) is 110 Å².